The fourth-order valence-corrected chi connectivity index (χ4v) is 5.48. The van der Waals surface area contributed by atoms with Crippen LogP contribution in [0.3, 0.4) is 0 Å². The predicted octanol–water partition coefficient (Wildman–Crippen LogP) is 4.67. The summed E-state index contributed by atoms with van der Waals surface area (Å²) in [6.07, 6.45) is 11.3. The molecule has 1 atom stereocenters. The molecule has 2 heterocycles. The third-order valence-electron chi connectivity index (χ3n) is 6.56. The average Bonchev–Trinajstić information content (AvgIpc) is 3.39. The highest BCUT2D eigenvalue weighted by Crippen LogP contribution is 2.35. The molecule has 1 aromatic carbocycles. The first-order chi connectivity index (χ1) is 16.2. The van der Waals surface area contributed by atoms with Gasteiger partial charge in [-0.1, -0.05) is 17.8 Å². The second kappa shape index (κ2) is 10.3. The van der Waals surface area contributed by atoms with E-state index in [2.05, 4.69) is 25.7 Å². The summed E-state index contributed by atoms with van der Waals surface area (Å²) in [7, 11) is 1.66. The Morgan fingerprint density at radius 2 is 2.03 bits per heavy atom. The number of ether oxygens (including phenoxy) is 2. The molecule has 5 rings (SSSR count). The Morgan fingerprint density at radius 1 is 1.18 bits per heavy atom. The highest BCUT2D eigenvalue weighted by molar-refractivity contribution is 7.99. The third kappa shape index (κ3) is 5.27. The van der Waals surface area contributed by atoms with Crippen LogP contribution < -0.4 is 4.74 Å². The van der Waals surface area contributed by atoms with E-state index in [1.54, 1.807) is 7.11 Å². The van der Waals surface area contributed by atoms with Crippen molar-refractivity contribution in [3.8, 4) is 17.1 Å². The van der Waals surface area contributed by atoms with Crippen LogP contribution in [0.2, 0.25) is 0 Å². The molecule has 33 heavy (non-hydrogen) atoms. The Kier molecular flexibility index (Phi) is 7.02. The van der Waals surface area contributed by atoms with Crippen molar-refractivity contribution in [2.75, 3.05) is 19.5 Å². The average molecular weight is 469 g/mol. The smallest absolute Gasteiger partial charge is 0.237 e. The van der Waals surface area contributed by atoms with E-state index in [9.17, 15) is 4.79 Å². The van der Waals surface area contributed by atoms with Crippen molar-refractivity contribution in [1.82, 2.24) is 19.7 Å². The van der Waals surface area contributed by atoms with Gasteiger partial charge in [-0.05, 0) is 75.6 Å². The van der Waals surface area contributed by atoms with Crippen LogP contribution in [-0.2, 0) is 16.1 Å². The van der Waals surface area contributed by atoms with E-state index in [1.165, 1.54) is 30.3 Å². The quantitative estimate of drug-likeness (QED) is 0.498. The Morgan fingerprint density at radius 3 is 2.70 bits per heavy atom. The van der Waals surface area contributed by atoms with Crippen molar-refractivity contribution < 1.29 is 14.3 Å². The maximum Gasteiger partial charge on any atom is 0.237 e. The van der Waals surface area contributed by atoms with Gasteiger partial charge in [-0.2, -0.15) is 0 Å². The van der Waals surface area contributed by atoms with Gasteiger partial charge in [0.2, 0.25) is 5.91 Å². The number of nitrogens with zero attached hydrogens (tertiary/aromatic N) is 4. The normalized spacial score (nSPS) is 20.5. The van der Waals surface area contributed by atoms with Crippen molar-refractivity contribution in [2.45, 2.75) is 75.2 Å². The lowest BCUT2D eigenvalue weighted by molar-refractivity contribution is -0.127. The molecule has 0 bridgehead atoms. The van der Waals surface area contributed by atoms with E-state index in [0.717, 1.165) is 67.4 Å². The Hall–Kier alpha value is -2.32. The summed E-state index contributed by atoms with van der Waals surface area (Å²) in [4.78, 5) is 15.3. The first-order valence-electron chi connectivity index (χ1n) is 12.1. The second-order valence-corrected chi connectivity index (χ2v) is 9.95. The van der Waals surface area contributed by atoms with Crippen LogP contribution in [0.25, 0.3) is 11.4 Å². The van der Waals surface area contributed by atoms with Crippen LogP contribution in [0.5, 0.6) is 5.75 Å². The molecule has 7 nitrogen and oxygen atoms in total. The molecule has 3 aliphatic rings. The lowest BCUT2D eigenvalue weighted by atomic mass is 10.0. The number of benzene rings is 1. The predicted molar refractivity (Wildman–Crippen MR) is 128 cm³/mol. The Bertz CT molecular complexity index is 994. The number of allylic oxidation sites excluding steroid dienone is 2. The monoisotopic (exact) mass is 468 g/mol. The molecule has 1 aromatic heterocycles. The molecule has 8 heteroatoms. The molecule has 1 amide bonds. The van der Waals surface area contributed by atoms with Gasteiger partial charge in [0.05, 0.1) is 25.5 Å². The number of methoxy groups -OCH3 is 1. The fraction of sp³-hybridized carbons (Fsp3) is 0.560. The van der Waals surface area contributed by atoms with E-state index in [1.807, 2.05) is 24.3 Å². The number of carbonyl (C=O) groups is 1. The Labute approximate surface area is 199 Å². The van der Waals surface area contributed by atoms with Gasteiger partial charge in [0.15, 0.2) is 11.0 Å². The van der Waals surface area contributed by atoms with Gasteiger partial charge in [0, 0.05) is 23.9 Å². The van der Waals surface area contributed by atoms with E-state index in [4.69, 9.17) is 9.47 Å². The molecule has 1 saturated heterocycles. The molecule has 1 unspecified atom stereocenters. The number of carbonyl (C=O) groups excluding carboxylic acids is 1. The topological polar surface area (TPSA) is 69.5 Å². The zero-order valence-electron chi connectivity index (χ0n) is 19.2. The molecule has 2 aromatic rings. The molecule has 0 N–H and O–H groups in total. The number of thioether (sulfide) groups is 1. The van der Waals surface area contributed by atoms with Crippen molar-refractivity contribution in [1.29, 1.82) is 0 Å². The van der Waals surface area contributed by atoms with Crippen molar-refractivity contribution >= 4 is 17.7 Å². The molecular weight excluding hydrogens is 436 g/mol. The lowest BCUT2D eigenvalue weighted by Crippen LogP contribution is -2.34. The van der Waals surface area contributed by atoms with Gasteiger partial charge in [-0.15, -0.1) is 10.2 Å². The van der Waals surface area contributed by atoms with Crippen molar-refractivity contribution in [3.05, 3.63) is 36.0 Å². The van der Waals surface area contributed by atoms with Crippen LogP contribution in [-0.4, -0.2) is 57.2 Å². The van der Waals surface area contributed by atoms with E-state index < -0.39 is 0 Å². The molecular formula is C25H32N4O3S. The minimum atomic E-state index is 0.156. The van der Waals surface area contributed by atoms with Gasteiger partial charge >= 0.3 is 0 Å². The van der Waals surface area contributed by atoms with Crippen LogP contribution >= 0.6 is 11.8 Å². The molecule has 1 saturated carbocycles. The van der Waals surface area contributed by atoms with Crippen LogP contribution in [0.1, 0.15) is 51.4 Å². The molecule has 0 spiro atoms. The highest BCUT2D eigenvalue weighted by Gasteiger charge is 2.35. The molecule has 2 fully saturated rings. The summed E-state index contributed by atoms with van der Waals surface area (Å²) < 4.78 is 13.3. The van der Waals surface area contributed by atoms with E-state index >= 15 is 0 Å². The maximum atomic E-state index is 13.3. The van der Waals surface area contributed by atoms with Gasteiger partial charge in [0.25, 0.3) is 0 Å². The van der Waals surface area contributed by atoms with Crippen molar-refractivity contribution in [3.63, 3.8) is 0 Å². The fourth-order valence-electron chi connectivity index (χ4n) is 4.67. The SMILES string of the molecule is COc1ccc(-c2nnc(SCC(=O)N(C3=CCCCC3)C3CC3)n2CC2CCCO2)cc1. The lowest BCUT2D eigenvalue weighted by Gasteiger charge is -2.27. The summed E-state index contributed by atoms with van der Waals surface area (Å²) in [6.45, 7) is 1.50. The second-order valence-electron chi connectivity index (χ2n) is 9.01. The van der Waals surface area contributed by atoms with Crippen LogP contribution in [0.4, 0.5) is 0 Å². The summed E-state index contributed by atoms with van der Waals surface area (Å²) >= 11 is 1.49. The molecule has 176 valence electrons. The summed E-state index contributed by atoms with van der Waals surface area (Å²) in [5.41, 5.74) is 2.21. The van der Waals surface area contributed by atoms with Gasteiger partial charge in [-0.25, -0.2) is 0 Å². The van der Waals surface area contributed by atoms with Crippen molar-refractivity contribution in [2.24, 2.45) is 0 Å². The minimum absolute atomic E-state index is 0.156. The van der Waals surface area contributed by atoms with Gasteiger partial charge in [-0.3, -0.25) is 9.36 Å². The number of amides is 1. The zero-order chi connectivity index (χ0) is 22.6. The van der Waals surface area contributed by atoms with Crippen LogP contribution in [0, 0.1) is 0 Å². The number of rotatable bonds is 9. The zero-order valence-corrected chi connectivity index (χ0v) is 20.1. The summed E-state index contributed by atoms with van der Waals surface area (Å²) in [6, 6.07) is 8.25. The number of aromatic nitrogens is 3. The Balaban J connectivity index is 1.34. The summed E-state index contributed by atoms with van der Waals surface area (Å²) in [5.74, 6) is 2.17. The maximum absolute atomic E-state index is 13.3. The van der Waals surface area contributed by atoms with Gasteiger partial charge < -0.3 is 14.4 Å². The third-order valence-corrected chi connectivity index (χ3v) is 7.51. The molecule has 2 aliphatic carbocycles. The standard InChI is InChI=1S/C25H32N4O3S/c1-31-21-13-9-18(10-14-21)24-26-27-25(28(24)16-22-8-5-15-32-22)33-17-23(30)29(20-11-12-20)19-6-3-2-4-7-19/h6,9-10,13-14,20,22H,2-5,7-8,11-12,15-17H2,1H3. The molecule has 0 radical (unpaired) electrons. The summed E-state index contributed by atoms with van der Waals surface area (Å²) in [5, 5.41) is 9.76. The molecule has 1 aliphatic heterocycles. The first-order valence-corrected chi connectivity index (χ1v) is 13.0. The number of hydrogen-bond donors (Lipinski definition) is 0. The van der Waals surface area contributed by atoms with E-state index in [-0.39, 0.29) is 12.0 Å². The first kappa shape index (κ1) is 22.5. The highest BCUT2D eigenvalue weighted by atomic mass is 32.2. The van der Waals surface area contributed by atoms with E-state index in [0.29, 0.717) is 18.3 Å². The van der Waals surface area contributed by atoms with Crippen LogP contribution in [0.15, 0.2) is 41.2 Å². The minimum Gasteiger partial charge on any atom is -0.497 e. The largest absolute Gasteiger partial charge is 0.497 e. The number of hydrogen-bond acceptors (Lipinski definition) is 6. The van der Waals surface area contributed by atoms with Gasteiger partial charge in [0.1, 0.15) is 5.75 Å².